The van der Waals surface area contributed by atoms with E-state index in [1.54, 1.807) is 0 Å². The Labute approximate surface area is 231 Å². The van der Waals surface area contributed by atoms with Crippen molar-refractivity contribution in [1.29, 1.82) is 0 Å². The van der Waals surface area contributed by atoms with Gasteiger partial charge in [-0.15, -0.1) is 0 Å². The third-order valence-electron chi connectivity index (χ3n) is 9.60. The summed E-state index contributed by atoms with van der Waals surface area (Å²) < 4.78 is 22.9. The molecule has 0 aromatic rings. The molecule has 2 saturated carbocycles. The van der Waals surface area contributed by atoms with Gasteiger partial charge in [-0.3, -0.25) is 4.79 Å². The van der Waals surface area contributed by atoms with E-state index < -0.39 is 77.1 Å². The van der Waals surface area contributed by atoms with Crippen LogP contribution in [0.1, 0.15) is 59.8 Å². The maximum Gasteiger partial charge on any atom is 0.344 e. The van der Waals surface area contributed by atoms with Gasteiger partial charge in [0.25, 0.3) is 0 Å². The van der Waals surface area contributed by atoms with Crippen LogP contribution in [0.5, 0.6) is 0 Å². The van der Waals surface area contributed by atoms with Crippen molar-refractivity contribution in [3.63, 3.8) is 0 Å². The van der Waals surface area contributed by atoms with Crippen molar-refractivity contribution in [3.05, 3.63) is 11.1 Å². The van der Waals surface area contributed by atoms with E-state index in [9.17, 15) is 29.4 Å². The van der Waals surface area contributed by atoms with Crippen LogP contribution in [0, 0.1) is 22.2 Å². The molecule has 4 aliphatic heterocycles. The van der Waals surface area contributed by atoms with Crippen molar-refractivity contribution < 1.29 is 53.4 Å². The van der Waals surface area contributed by atoms with Gasteiger partial charge in [-0.25, -0.2) is 14.4 Å². The predicted molar refractivity (Wildman–Crippen MR) is 134 cm³/mol. The van der Waals surface area contributed by atoms with E-state index >= 15 is 0 Å². The molecule has 0 radical (unpaired) electrons. The summed E-state index contributed by atoms with van der Waals surface area (Å²) in [5.74, 6) is -3.46. The van der Waals surface area contributed by atoms with Crippen LogP contribution >= 0.6 is 0 Å². The molecule has 6 rings (SSSR count). The van der Waals surface area contributed by atoms with Crippen molar-refractivity contribution in [1.82, 2.24) is 0 Å². The Balaban J connectivity index is 0.000000279. The highest BCUT2D eigenvalue weighted by Crippen LogP contribution is 2.82. The lowest BCUT2D eigenvalue weighted by Crippen LogP contribution is -2.61. The minimum absolute atomic E-state index is 0.180. The second-order valence-electron chi connectivity index (χ2n) is 12.9. The van der Waals surface area contributed by atoms with E-state index in [1.807, 2.05) is 20.8 Å². The van der Waals surface area contributed by atoms with Crippen LogP contribution in [-0.2, 0) is 38.1 Å². The molecule has 4 heterocycles. The number of carboxylic acid groups (broad SMARTS) is 1. The number of aliphatic hydroxyl groups is 2. The van der Waals surface area contributed by atoms with Gasteiger partial charge in [0.1, 0.15) is 18.2 Å². The lowest BCUT2D eigenvalue weighted by molar-refractivity contribution is -0.191. The van der Waals surface area contributed by atoms with E-state index in [0.717, 1.165) is 12.8 Å². The fourth-order valence-corrected chi connectivity index (χ4v) is 8.35. The Morgan fingerprint density at radius 2 is 1.80 bits per heavy atom. The minimum Gasteiger partial charge on any atom is -0.480 e. The highest BCUT2D eigenvalue weighted by Gasteiger charge is 2.98. The van der Waals surface area contributed by atoms with Gasteiger partial charge in [0.2, 0.25) is 11.9 Å². The first-order valence-corrected chi connectivity index (χ1v) is 13.7. The number of carbonyl (C=O) groups is 4. The summed E-state index contributed by atoms with van der Waals surface area (Å²) in [5.41, 5.74) is 5.97. The number of carboxylic acids is 1. The van der Waals surface area contributed by atoms with Crippen molar-refractivity contribution in [2.45, 2.75) is 102 Å². The van der Waals surface area contributed by atoms with Crippen molar-refractivity contribution >= 4 is 23.9 Å². The van der Waals surface area contributed by atoms with Crippen molar-refractivity contribution in [2.75, 3.05) is 6.54 Å². The average Bonchev–Trinajstić information content (AvgIpc) is 3.58. The first kappa shape index (κ1) is 28.9. The zero-order valence-electron chi connectivity index (χ0n) is 23.0. The predicted octanol–water partition coefficient (Wildman–Crippen LogP) is -0.503. The Hall–Kier alpha value is -2.58. The van der Waals surface area contributed by atoms with Crippen LogP contribution in [-0.4, -0.2) is 88.1 Å². The molecule has 0 bridgehead atoms. The number of esters is 3. The van der Waals surface area contributed by atoms with Gasteiger partial charge < -0.3 is 45.7 Å². The second-order valence-corrected chi connectivity index (χ2v) is 12.9. The molecular weight excluding hydrogens is 528 g/mol. The Bertz CT molecular complexity index is 1180. The molecule has 13 nitrogen and oxygen atoms in total. The monoisotopic (exact) mass is 566 g/mol. The summed E-state index contributed by atoms with van der Waals surface area (Å²) in [6, 6.07) is -0.716. The van der Waals surface area contributed by atoms with E-state index in [0.29, 0.717) is 25.8 Å². The maximum absolute atomic E-state index is 13.3. The average molecular weight is 567 g/mol. The first-order chi connectivity index (χ1) is 18.6. The van der Waals surface area contributed by atoms with Crippen LogP contribution in [0.2, 0.25) is 0 Å². The molecule has 40 heavy (non-hydrogen) atoms. The van der Waals surface area contributed by atoms with E-state index in [1.165, 1.54) is 6.92 Å². The summed E-state index contributed by atoms with van der Waals surface area (Å²) in [4.78, 5) is 48.3. The number of hydrogen-bond acceptors (Lipinski definition) is 12. The van der Waals surface area contributed by atoms with Crippen LogP contribution in [0.4, 0.5) is 0 Å². The molecule has 7 N–H and O–H groups in total. The van der Waals surface area contributed by atoms with Gasteiger partial charge in [-0.05, 0) is 50.5 Å². The number of ether oxygens (including phenoxy) is 4. The molecule has 13 heteroatoms. The number of hydrogen-bond donors (Lipinski definition) is 5. The fraction of sp³-hybridized carbons (Fsp3) is 0.778. The number of unbranched alkanes of at least 4 members (excludes halogenated alkanes) is 1. The van der Waals surface area contributed by atoms with Gasteiger partial charge >= 0.3 is 23.9 Å². The number of rotatable bonds is 6. The fourth-order valence-electron chi connectivity index (χ4n) is 8.35. The smallest absolute Gasteiger partial charge is 0.344 e. The largest absolute Gasteiger partial charge is 0.480 e. The normalized spacial score (nSPS) is 42.9. The Morgan fingerprint density at radius 3 is 2.40 bits per heavy atom. The number of aliphatic hydroxyl groups excluding tert-OH is 2. The zero-order valence-corrected chi connectivity index (χ0v) is 23.0. The number of fused-ring (bicyclic) bond motifs is 1. The summed E-state index contributed by atoms with van der Waals surface area (Å²) in [7, 11) is 0. The summed E-state index contributed by atoms with van der Waals surface area (Å²) in [6.45, 7) is 8.24. The van der Waals surface area contributed by atoms with E-state index in [2.05, 4.69) is 0 Å². The quantitative estimate of drug-likeness (QED) is 0.156. The molecule has 2 aliphatic carbocycles. The third-order valence-corrected chi connectivity index (χ3v) is 9.60. The molecule has 6 aliphatic rings. The molecule has 10 atom stereocenters. The van der Waals surface area contributed by atoms with Crippen LogP contribution in [0.25, 0.3) is 0 Å². The van der Waals surface area contributed by atoms with Crippen LogP contribution in [0.15, 0.2) is 11.1 Å². The van der Waals surface area contributed by atoms with Gasteiger partial charge in [-0.2, -0.15) is 0 Å². The maximum atomic E-state index is 13.3. The van der Waals surface area contributed by atoms with Gasteiger partial charge in [0, 0.05) is 11.1 Å². The highest BCUT2D eigenvalue weighted by atomic mass is 16.7. The van der Waals surface area contributed by atoms with Crippen LogP contribution < -0.4 is 11.5 Å². The molecule has 2 spiro atoms. The van der Waals surface area contributed by atoms with Gasteiger partial charge in [-0.1, -0.05) is 27.2 Å². The van der Waals surface area contributed by atoms with Gasteiger partial charge in [0.05, 0.1) is 10.8 Å². The molecular formula is C27H38N2O11. The molecule has 0 aromatic carbocycles. The number of carbonyl (C=O) groups excluding carboxylic acids is 3. The van der Waals surface area contributed by atoms with Crippen molar-refractivity contribution in [2.24, 2.45) is 33.6 Å². The summed E-state index contributed by atoms with van der Waals surface area (Å²) in [5, 5.41) is 31.2. The van der Waals surface area contributed by atoms with Crippen LogP contribution in [0.3, 0.4) is 0 Å². The lowest BCUT2D eigenvalue weighted by Gasteiger charge is -2.44. The molecule has 222 valence electrons. The standard InChI is InChI=1S/C21H24O9.C6H14N2O2/c1-7-10-11(28-14(7)24)12(22)20-9-5-8(6-18(2,3)4)19(20)13(23)15(25)29-17(19)30-21(10,20)16(26)27-9;7-4-2-1-3-5(8)6(9)10/h8-9,11-13,17,22-23H,5-6H2,1-4H3;5H,1-4,7-8H2,(H,9,10)/t8-,9?,11?,12-,13?,17?,19?,20-,21?;/m1./s1. The third kappa shape index (κ3) is 3.32. The topological polar surface area (TPSA) is 218 Å². The molecule has 7 unspecified atom stereocenters. The molecule has 0 aromatic heterocycles. The molecule has 0 amide bonds. The van der Waals surface area contributed by atoms with Gasteiger partial charge in [0.15, 0.2) is 12.2 Å². The Morgan fingerprint density at radius 1 is 1.12 bits per heavy atom. The minimum atomic E-state index is -1.82. The number of nitrogens with two attached hydrogens (primary N) is 2. The molecule has 5 fully saturated rings. The Kier molecular flexibility index (Phi) is 6.66. The molecule has 3 saturated heterocycles. The van der Waals surface area contributed by atoms with Crippen molar-refractivity contribution in [3.8, 4) is 0 Å². The second kappa shape index (κ2) is 9.21. The SMILES string of the molecule is CC1=C2C(OC1=O)[C@@H](O)[C@]13C4C[C@H](CC(C)(C)C)C15C(OC(=O)C5O)OC23C(=O)O4.NCCCCC(N)C(=O)O. The summed E-state index contributed by atoms with van der Waals surface area (Å²) >= 11 is 0. The highest BCUT2D eigenvalue weighted by molar-refractivity contribution is 6.00. The first-order valence-electron chi connectivity index (χ1n) is 13.7. The zero-order chi connectivity index (χ0) is 29.6. The number of aliphatic carboxylic acids is 1. The van der Waals surface area contributed by atoms with E-state index in [4.69, 9.17) is 35.5 Å². The summed E-state index contributed by atoms with van der Waals surface area (Å²) in [6.07, 6.45) is -2.99. The van der Waals surface area contributed by atoms with E-state index in [-0.39, 0.29) is 22.5 Å². The lowest BCUT2D eigenvalue weighted by atomic mass is 9.53.